The van der Waals surface area contributed by atoms with Crippen LogP contribution in [0.1, 0.15) is 30.9 Å². The van der Waals surface area contributed by atoms with Crippen molar-refractivity contribution in [3.63, 3.8) is 0 Å². The highest BCUT2D eigenvalue weighted by Crippen LogP contribution is 2.38. The van der Waals surface area contributed by atoms with Gasteiger partial charge in [0.15, 0.2) is 0 Å². The number of ether oxygens (including phenoxy) is 1. The highest BCUT2D eigenvalue weighted by molar-refractivity contribution is 5.81. The van der Waals surface area contributed by atoms with Gasteiger partial charge >= 0.3 is 0 Å². The number of anilines is 1. The topological polar surface area (TPSA) is 65.6 Å². The second-order valence-corrected chi connectivity index (χ2v) is 6.21. The summed E-state index contributed by atoms with van der Waals surface area (Å²) in [6.07, 6.45) is 2.96. The molecule has 0 aliphatic carbocycles. The smallest absolute Gasteiger partial charge is 0.255 e. The maximum Gasteiger partial charge on any atom is 0.255 e. The van der Waals surface area contributed by atoms with E-state index >= 15 is 0 Å². The average molecular weight is 328 g/mol. The Morgan fingerprint density at radius 1 is 1.29 bits per heavy atom. The number of hydrogen-bond acceptors (Lipinski definition) is 4. The number of aromatic hydroxyl groups is 1. The molecule has 3 rings (SSSR count). The number of nitrogens with one attached hydrogen (secondary N) is 1. The van der Waals surface area contributed by atoms with Crippen LogP contribution < -0.4 is 15.2 Å². The highest BCUT2D eigenvalue weighted by Gasteiger charge is 2.21. The molecule has 0 bridgehead atoms. The Kier molecular flexibility index (Phi) is 4.51. The second kappa shape index (κ2) is 6.59. The van der Waals surface area contributed by atoms with Crippen molar-refractivity contribution in [1.82, 2.24) is 4.98 Å². The third-order valence-electron chi connectivity index (χ3n) is 4.80. The van der Waals surface area contributed by atoms with Gasteiger partial charge in [-0.3, -0.25) is 4.79 Å². The zero-order valence-electron chi connectivity index (χ0n) is 14.5. The van der Waals surface area contributed by atoms with Gasteiger partial charge in [0, 0.05) is 36.0 Å². The first-order chi connectivity index (χ1) is 11.6. The minimum Gasteiger partial charge on any atom is -0.507 e. The SMILES string of the molecule is CCc1c(-c2ccc(OC)cc2N2CCCC2)[nH]c(=O)c(C)c1O. The molecule has 1 aliphatic rings. The zero-order chi connectivity index (χ0) is 17.3. The normalized spacial score (nSPS) is 14.2. The van der Waals surface area contributed by atoms with E-state index in [-0.39, 0.29) is 11.3 Å². The predicted octanol–water partition coefficient (Wildman–Crippen LogP) is 3.23. The first-order valence-electron chi connectivity index (χ1n) is 8.44. The summed E-state index contributed by atoms with van der Waals surface area (Å²) in [5, 5.41) is 10.4. The van der Waals surface area contributed by atoms with Gasteiger partial charge in [-0.1, -0.05) is 6.92 Å². The molecule has 2 N–H and O–H groups in total. The summed E-state index contributed by atoms with van der Waals surface area (Å²) in [5.74, 6) is 0.886. The third kappa shape index (κ3) is 2.75. The number of aromatic amines is 1. The molecule has 0 saturated carbocycles. The van der Waals surface area contributed by atoms with Gasteiger partial charge in [0.1, 0.15) is 11.5 Å². The van der Waals surface area contributed by atoms with Crippen molar-refractivity contribution in [2.75, 3.05) is 25.1 Å². The fourth-order valence-electron chi connectivity index (χ4n) is 3.38. The van der Waals surface area contributed by atoms with Crippen molar-refractivity contribution in [2.45, 2.75) is 33.1 Å². The van der Waals surface area contributed by atoms with Crippen molar-refractivity contribution in [3.05, 3.63) is 39.7 Å². The summed E-state index contributed by atoms with van der Waals surface area (Å²) < 4.78 is 5.38. The third-order valence-corrected chi connectivity index (χ3v) is 4.80. The van der Waals surface area contributed by atoms with Crippen LogP contribution in [-0.4, -0.2) is 30.3 Å². The standard InChI is InChI=1S/C19H24N2O3/c1-4-14-17(20-19(23)12(2)18(14)22)15-8-7-13(24-3)11-16(15)21-9-5-6-10-21/h7-8,11H,4-6,9-10H2,1-3H3,(H2,20,22,23). The van der Waals surface area contributed by atoms with Crippen LogP contribution in [0.4, 0.5) is 5.69 Å². The van der Waals surface area contributed by atoms with Crippen LogP contribution in [0.2, 0.25) is 0 Å². The predicted molar refractivity (Wildman–Crippen MR) is 96.3 cm³/mol. The number of H-pyrrole nitrogens is 1. The summed E-state index contributed by atoms with van der Waals surface area (Å²) >= 11 is 0. The molecule has 5 heteroatoms. The molecule has 1 saturated heterocycles. The number of methoxy groups -OCH3 is 1. The van der Waals surface area contributed by atoms with Gasteiger partial charge in [0.2, 0.25) is 0 Å². The Labute approximate surface area is 141 Å². The number of hydrogen-bond donors (Lipinski definition) is 2. The molecule has 0 amide bonds. The number of rotatable bonds is 4. The fourth-order valence-corrected chi connectivity index (χ4v) is 3.38. The Morgan fingerprint density at radius 3 is 2.62 bits per heavy atom. The maximum absolute atomic E-state index is 12.2. The quantitative estimate of drug-likeness (QED) is 0.904. The number of aromatic nitrogens is 1. The number of pyridine rings is 1. The molecule has 1 aliphatic heterocycles. The van der Waals surface area contributed by atoms with E-state index in [0.29, 0.717) is 17.7 Å². The van der Waals surface area contributed by atoms with Crippen LogP contribution in [-0.2, 0) is 6.42 Å². The lowest BCUT2D eigenvalue weighted by molar-refractivity contribution is 0.415. The maximum atomic E-state index is 12.2. The van der Waals surface area contributed by atoms with Crippen molar-refractivity contribution in [2.24, 2.45) is 0 Å². The van der Waals surface area contributed by atoms with Gasteiger partial charge in [-0.15, -0.1) is 0 Å². The molecule has 5 nitrogen and oxygen atoms in total. The molecule has 2 heterocycles. The van der Waals surface area contributed by atoms with E-state index in [2.05, 4.69) is 9.88 Å². The van der Waals surface area contributed by atoms with E-state index in [1.807, 2.05) is 25.1 Å². The van der Waals surface area contributed by atoms with Crippen LogP contribution in [0.25, 0.3) is 11.3 Å². The molecule has 0 radical (unpaired) electrons. The lowest BCUT2D eigenvalue weighted by Gasteiger charge is -2.23. The molecule has 1 aromatic heterocycles. The van der Waals surface area contributed by atoms with E-state index in [0.717, 1.165) is 48.5 Å². The summed E-state index contributed by atoms with van der Waals surface area (Å²) in [6, 6.07) is 5.87. The summed E-state index contributed by atoms with van der Waals surface area (Å²) in [7, 11) is 1.65. The summed E-state index contributed by atoms with van der Waals surface area (Å²) in [5.41, 5.74) is 3.57. The molecule has 1 aromatic carbocycles. The van der Waals surface area contributed by atoms with Gasteiger partial charge in [-0.05, 0) is 38.3 Å². The number of nitrogens with zero attached hydrogens (tertiary/aromatic N) is 1. The van der Waals surface area contributed by atoms with Gasteiger partial charge in [0.05, 0.1) is 18.4 Å². The zero-order valence-corrected chi connectivity index (χ0v) is 14.5. The van der Waals surface area contributed by atoms with E-state index < -0.39 is 0 Å². The molecular weight excluding hydrogens is 304 g/mol. The highest BCUT2D eigenvalue weighted by atomic mass is 16.5. The van der Waals surface area contributed by atoms with Crippen molar-refractivity contribution >= 4 is 5.69 Å². The van der Waals surface area contributed by atoms with Crippen molar-refractivity contribution in [1.29, 1.82) is 0 Å². The summed E-state index contributed by atoms with van der Waals surface area (Å²) in [6.45, 7) is 5.61. The van der Waals surface area contributed by atoms with Crippen LogP contribution >= 0.6 is 0 Å². The molecule has 1 fully saturated rings. The van der Waals surface area contributed by atoms with Crippen molar-refractivity contribution in [3.8, 4) is 22.8 Å². The molecule has 0 unspecified atom stereocenters. The largest absolute Gasteiger partial charge is 0.507 e. The molecular formula is C19H24N2O3. The molecule has 0 atom stereocenters. The van der Waals surface area contributed by atoms with Crippen LogP contribution in [0.15, 0.2) is 23.0 Å². The first-order valence-corrected chi connectivity index (χ1v) is 8.44. The Hall–Kier alpha value is -2.43. The van der Waals surface area contributed by atoms with Crippen LogP contribution in [0, 0.1) is 6.92 Å². The molecule has 128 valence electrons. The minimum atomic E-state index is -0.247. The van der Waals surface area contributed by atoms with E-state index in [4.69, 9.17) is 4.74 Å². The fraction of sp³-hybridized carbons (Fsp3) is 0.421. The monoisotopic (exact) mass is 328 g/mol. The molecule has 0 spiro atoms. The lowest BCUT2D eigenvalue weighted by atomic mass is 9.99. The van der Waals surface area contributed by atoms with Gasteiger partial charge < -0.3 is 19.7 Å². The van der Waals surface area contributed by atoms with Crippen LogP contribution in [0.3, 0.4) is 0 Å². The lowest BCUT2D eigenvalue weighted by Crippen LogP contribution is -2.20. The Bertz CT molecular complexity index is 805. The Morgan fingerprint density at radius 2 is 2.00 bits per heavy atom. The van der Waals surface area contributed by atoms with Gasteiger partial charge in [0.25, 0.3) is 5.56 Å². The first kappa shape index (κ1) is 16.4. The van der Waals surface area contributed by atoms with Crippen molar-refractivity contribution < 1.29 is 9.84 Å². The molecule has 2 aromatic rings. The van der Waals surface area contributed by atoms with Gasteiger partial charge in [-0.2, -0.15) is 0 Å². The summed E-state index contributed by atoms with van der Waals surface area (Å²) in [4.78, 5) is 17.5. The number of benzene rings is 1. The molecule has 24 heavy (non-hydrogen) atoms. The van der Waals surface area contributed by atoms with E-state index in [9.17, 15) is 9.90 Å². The van der Waals surface area contributed by atoms with E-state index in [1.54, 1.807) is 14.0 Å². The average Bonchev–Trinajstić information content (AvgIpc) is 3.13. The minimum absolute atomic E-state index is 0.0967. The Balaban J connectivity index is 2.24. The van der Waals surface area contributed by atoms with Crippen LogP contribution in [0.5, 0.6) is 11.5 Å². The van der Waals surface area contributed by atoms with Gasteiger partial charge in [-0.25, -0.2) is 0 Å². The second-order valence-electron chi connectivity index (χ2n) is 6.21. The van der Waals surface area contributed by atoms with E-state index in [1.165, 1.54) is 0 Å².